The summed E-state index contributed by atoms with van der Waals surface area (Å²) in [6, 6.07) is 3.22. The highest BCUT2D eigenvalue weighted by atomic mass is 19.1. The van der Waals surface area contributed by atoms with Crippen molar-refractivity contribution in [2.75, 3.05) is 10.6 Å². The molecule has 0 radical (unpaired) electrons. The zero-order valence-electron chi connectivity index (χ0n) is 15.8. The Bertz CT molecular complexity index is 974. The third kappa shape index (κ3) is 4.87. The molecule has 152 valence electrons. The maximum Gasteiger partial charge on any atom is 0.404 e. The maximum absolute atomic E-state index is 14.5. The molecule has 2 aromatic rings. The van der Waals surface area contributed by atoms with Crippen LogP contribution in [0.2, 0.25) is 0 Å². The van der Waals surface area contributed by atoms with Crippen molar-refractivity contribution in [1.82, 2.24) is 15.3 Å². The molecule has 29 heavy (non-hydrogen) atoms. The smallest absolute Gasteiger partial charge is 0.404 e. The second kappa shape index (κ2) is 8.26. The summed E-state index contributed by atoms with van der Waals surface area (Å²) in [6.07, 6.45) is 1.99. The van der Waals surface area contributed by atoms with Crippen molar-refractivity contribution in [3.05, 3.63) is 41.2 Å². The average Bonchev–Trinajstić information content (AvgIpc) is 3.49. The van der Waals surface area contributed by atoms with E-state index in [4.69, 9.17) is 5.11 Å². The van der Waals surface area contributed by atoms with Gasteiger partial charge in [0.05, 0.1) is 29.2 Å². The molecule has 1 aliphatic carbocycles. The number of nitrogens with zero attached hydrogens (tertiary/aromatic N) is 3. The number of hydrogen-bond acceptors (Lipinski definition) is 6. The van der Waals surface area contributed by atoms with Crippen molar-refractivity contribution in [1.29, 1.82) is 5.26 Å². The van der Waals surface area contributed by atoms with Gasteiger partial charge >= 0.3 is 6.09 Å². The fraction of sp³-hybridized carbons (Fsp3) is 0.368. The average molecular weight is 402 g/mol. The number of halogens is 2. The first-order valence-electron chi connectivity index (χ1n) is 9.04. The molecule has 0 spiro atoms. The molecule has 1 fully saturated rings. The van der Waals surface area contributed by atoms with Gasteiger partial charge in [-0.05, 0) is 38.7 Å². The lowest BCUT2D eigenvalue weighted by Crippen LogP contribution is -2.45. The number of carboxylic acid groups (broad SMARTS) is 1. The number of aryl methyl sites for hydroxylation is 1. The molecule has 3 rings (SSSR count). The monoisotopic (exact) mass is 402 g/mol. The van der Waals surface area contributed by atoms with Crippen LogP contribution >= 0.6 is 0 Å². The number of carbonyl (C=O) groups is 1. The molecule has 2 atom stereocenters. The predicted octanol–water partition coefficient (Wildman–Crippen LogP) is 3.53. The van der Waals surface area contributed by atoms with E-state index in [9.17, 15) is 18.8 Å². The number of nitrogens with one attached hydrogen (secondary N) is 3. The quantitative estimate of drug-likeness (QED) is 0.559. The summed E-state index contributed by atoms with van der Waals surface area (Å²) in [5.74, 6) is -1.18. The van der Waals surface area contributed by atoms with E-state index in [-0.39, 0.29) is 40.5 Å². The lowest BCUT2D eigenvalue weighted by atomic mass is 10.0. The fourth-order valence-corrected chi connectivity index (χ4v) is 3.03. The predicted molar refractivity (Wildman–Crippen MR) is 102 cm³/mol. The van der Waals surface area contributed by atoms with E-state index >= 15 is 0 Å². The maximum atomic E-state index is 14.5. The van der Waals surface area contributed by atoms with E-state index in [1.165, 1.54) is 19.2 Å². The molecule has 2 heterocycles. The molecule has 1 aliphatic rings. The van der Waals surface area contributed by atoms with Gasteiger partial charge in [-0.1, -0.05) is 0 Å². The SMILES string of the molecule is Cc1ncc(Nc2nc(N[C@H](C3CC3)[C@H](C)NC(=O)O)c(F)cc2C#N)cc1F. The zero-order valence-corrected chi connectivity index (χ0v) is 15.8. The molecule has 0 saturated heterocycles. The molecule has 1 amide bonds. The first kappa shape index (κ1) is 20.3. The van der Waals surface area contributed by atoms with Crippen LogP contribution in [0.25, 0.3) is 0 Å². The van der Waals surface area contributed by atoms with Crippen LogP contribution in [0.4, 0.5) is 30.9 Å². The topological polar surface area (TPSA) is 123 Å². The van der Waals surface area contributed by atoms with Gasteiger partial charge in [0.2, 0.25) is 0 Å². The van der Waals surface area contributed by atoms with E-state index in [0.29, 0.717) is 0 Å². The van der Waals surface area contributed by atoms with Crippen LogP contribution < -0.4 is 16.0 Å². The van der Waals surface area contributed by atoms with Crippen LogP contribution in [-0.2, 0) is 0 Å². The third-order valence-corrected chi connectivity index (χ3v) is 4.71. The molecule has 0 unspecified atom stereocenters. The summed E-state index contributed by atoms with van der Waals surface area (Å²) in [5, 5.41) is 26.4. The summed E-state index contributed by atoms with van der Waals surface area (Å²) in [4.78, 5) is 19.0. The fourth-order valence-electron chi connectivity index (χ4n) is 3.03. The van der Waals surface area contributed by atoms with Crippen LogP contribution in [0, 0.1) is 35.8 Å². The van der Waals surface area contributed by atoms with Gasteiger partial charge < -0.3 is 21.1 Å². The minimum atomic E-state index is -1.17. The van der Waals surface area contributed by atoms with Crippen LogP contribution in [0.1, 0.15) is 31.0 Å². The van der Waals surface area contributed by atoms with Crippen molar-refractivity contribution >= 4 is 23.4 Å². The van der Waals surface area contributed by atoms with E-state index in [1.54, 1.807) is 6.92 Å². The first-order chi connectivity index (χ1) is 13.8. The highest BCUT2D eigenvalue weighted by Gasteiger charge is 2.36. The molecular formula is C19H20F2N6O2. The van der Waals surface area contributed by atoms with Crippen LogP contribution in [-0.4, -0.2) is 33.3 Å². The molecule has 0 bridgehead atoms. The number of pyridine rings is 2. The molecule has 0 aromatic carbocycles. The lowest BCUT2D eigenvalue weighted by Gasteiger charge is -2.26. The van der Waals surface area contributed by atoms with E-state index < -0.39 is 23.8 Å². The number of anilines is 3. The minimum Gasteiger partial charge on any atom is -0.465 e. The second-order valence-electron chi connectivity index (χ2n) is 6.99. The standard InChI is InChI=1S/C19H20F2N6O2/c1-9-14(20)6-13(8-23-9)25-17-12(7-22)5-15(21)18(27-17)26-16(11-3-4-11)10(2)24-19(28)29/h5-6,8,10-11,16,24H,3-4H2,1-2H3,(H,28,29)(H2,25,26,27)/t10-,16-/m0/s1. The Labute approximate surface area is 166 Å². The van der Waals surface area contributed by atoms with E-state index in [1.807, 2.05) is 6.07 Å². The zero-order chi connectivity index (χ0) is 21.1. The van der Waals surface area contributed by atoms with Crippen molar-refractivity contribution in [2.24, 2.45) is 5.92 Å². The van der Waals surface area contributed by atoms with Crippen molar-refractivity contribution in [3.8, 4) is 6.07 Å². The number of aromatic nitrogens is 2. The Morgan fingerprint density at radius 1 is 1.31 bits per heavy atom. The first-order valence-corrected chi connectivity index (χ1v) is 9.04. The summed E-state index contributed by atoms with van der Waals surface area (Å²) in [6.45, 7) is 3.20. The van der Waals surface area contributed by atoms with Gasteiger partial charge in [0.1, 0.15) is 11.9 Å². The van der Waals surface area contributed by atoms with Gasteiger partial charge in [0.25, 0.3) is 0 Å². The Morgan fingerprint density at radius 3 is 2.62 bits per heavy atom. The molecule has 0 aliphatic heterocycles. The van der Waals surface area contributed by atoms with Crippen LogP contribution in [0.5, 0.6) is 0 Å². The van der Waals surface area contributed by atoms with Gasteiger partial charge in [0, 0.05) is 12.1 Å². The highest BCUT2D eigenvalue weighted by molar-refractivity contribution is 5.66. The summed E-state index contributed by atoms with van der Waals surface area (Å²) in [7, 11) is 0. The molecule has 8 nitrogen and oxygen atoms in total. The summed E-state index contributed by atoms with van der Waals surface area (Å²) in [5.41, 5.74) is 0.417. The Balaban J connectivity index is 1.89. The Morgan fingerprint density at radius 2 is 2.03 bits per heavy atom. The van der Waals surface area contributed by atoms with Crippen molar-refractivity contribution in [3.63, 3.8) is 0 Å². The molecule has 2 aromatic heterocycles. The minimum absolute atomic E-state index is 0.0369. The van der Waals surface area contributed by atoms with Gasteiger partial charge in [-0.15, -0.1) is 0 Å². The van der Waals surface area contributed by atoms with Crippen molar-refractivity contribution in [2.45, 2.75) is 38.8 Å². The largest absolute Gasteiger partial charge is 0.465 e. The van der Waals surface area contributed by atoms with Crippen LogP contribution in [0.15, 0.2) is 18.3 Å². The molecule has 4 N–H and O–H groups in total. The van der Waals surface area contributed by atoms with Crippen LogP contribution in [0.3, 0.4) is 0 Å². The Kier molecular flexibility index (Phi) is 5.77. The van der Waals surface area contributed by atoms with E-state index in [2.05, 4.69) is 25.9 Å². The highest BCUT2D eigenvalue weighted by Crippen LogP contribution is 2.36. The normalized spacial score (nSPS) is 15.1. The summed E-state index contributed by atoms with van der Waals surface area (Å²) < 4.78 is 28.3. The number of rotatable bonds is 7. The molecular weight excluding hydrogens is 382 g/mol. The summed E-state index contributed by atoms with van der Waals surface area (Å²) >= 11 is 0. The van der Waals surface area contributed by atoms with Gasteiger partial charge in [0.15, 0.2) is 17.5 Å². The Hall–Kier alpha value is -3.48. The second-order valence-corrected chi connectivity index (χ2v) is 6.99. The van der Waals surface area contributed by atoms with Gasteiger partial charge in [-0.25, -0.2) is 18.6 Å². The van der Waals surface area contributed by atoms with E-state index in [0.717, 1.165) is 18.9 Å². The lowest BCUT2D eigenvalue weighted by molar-refractivity contribution is 0.188. The number of hydrogen-bond donors (Lipinski definition) is 4. The molecule has 10 heteroatoms. The number of nitriles is 1. The third-order valence-electron chi connectivity index (χ3n) is 4.71. The number of amides is 1. The van der Waals surface area contributed by atoms with Crippen molar-refractivity contribution < 1.29 is 18.7 Å². The van der Waals surface area contributed by atoms with Gasteiger partial charge in [-0.3, -0.25) is 4.98 Å². The molecule has 1 saturated carbocycles. The van der Waals surface area contributed by atoms with Gasteiger partial charge in [-0.2, -0.15) is 5.26 Å².